The highest BCUT2D eigenvalue weighted by Crippen LogP contribution is 2.23. The van der Waals surface area contributed by atoms with E-state index < -0.39 is 18.0 Å². The number of fused-ring (bicyclic) bond motifs is 1. The van der Waals surface area contributed by atoms with E-state index in [0.29, 0.717) is 10.8 Å². The molecule has 0 saturated carbocycles. The van der Waals surface area contributed by atoms with Gasteiger partial charge in [-0.1, -0.05) is 23.9 Å². The van der Waals surface area contributed by atoms with Crippen LogP contribution in [-0.4, -0.2) is 28.7 Å². The van der Waals surface area contributed by atoms with Gasteiger partial charge >= 0.3 is 5.97 Å². The van der Waals surface area contributed by atoms with Crippen molar-refractivity contribution in [1.82, 2.24) is 4.98 Å². The van der Waals surface area contributed by atoms with Crippen molar-refractivity contribution in [2.75, 3.05) is 5.75 Å². The minimum atomic E-state index is -0.934. The highest BCUT2D eigenvalue weighted by atomic mass is 32.2. The largest absolute Gasteiger partial charge is 0.452 e. The fourth-order valence-corrected chi connectivity index (χ4v) is 1.94. The maximum absolute atomic E-state index is 11.4. The van der Waals surface area contributed by atoms with Crippen LogP contribution < -0.4 is 5.73 Å². The first-order chi connectivity index (χ1) is 9.06. The highest BCUT2D eigenvalue weighted by Gasteiger charge is 2.15. The smallest absolute Gasteiger partial charge is 0.317 e. The number of esters is 1. The summed E-state index contributed by atoms with van der Waals surface area (Å²) in [6, 6.07) is 7.29. The Morgan fingerprint density at radius 1 is 1.47 bits per heavy atom. The number of benzene rings is 1. The van der Waals surface area contributed by atoms with Crippen LogP contribution in [0.15, 0.2) is 33.9 Å². The molecule has 1 amide bonds. The summed E-state index contributed by atoms with van der Waals surface area (Å²) in [7, 11) is 0. The average Bonchev–Trinajstić information content (AvgIpc) is 2.78. The number of para-hydroxylation sites is 2. The minimum Gasteiger partial charge on any atom is -0.452 e. The SMILES string of the molecule is C[C@@H](OC(=O)CSc1nc2ccccc2o1)C(N)=O. The van der Waals surface area contributed by atoms with Gasteiger partial charge in [0.1, 0.15) is 11.3 Å². The summed E-state index contributed by atoms with van der Waals surface area (Å²) in [4.78, 5) is 26.4. The molecule has 0 bridgehead atoms. The predicted octanol–water partition coefficient (Wildman–Crippen LogP) is 1.34. The van der Waals surface area contributed by atoms with Crippen LogP contribution in [0, 0.1) is 0 Å². The van der Waals surface area contributed by atoms with Gasteiger partial charge in [0.15, 0.2) is 11.7 Å². The quantitative estimate of drug-likeness (QED) is 0.656. The zero-order valence-corrected chi connectivity index (χ0v) is 11.0. The molecule has 7 heteroatoms. The molecule has 6 nitrogen and oxygen atoms in total. The summed E-state index contributed by atoms with van der Waals surface area (Å²) in [5.74, 6) is -1.22. The number of aromatic nitrogens is 1. The molecule has 2 N–H and O–H groups in total. The first-order valence-electron chi connectivity index (χ1n) is 5.53. The molecular formula is C12H12N2O4S. The van der Waals surface area contributed by atoms with Gasteiger partial charge in [-0.15, -0.1) is 0 Å². The average molecular weight is 280 g/mol. The second-order valence-corrected chi connectivity index (χ2v) is 4.70. The van der Waals surface area contributed by atoms with Crippen LogP contribution in [0.5, 0.6) is 0 Å². The van der Waals surface area contributed by atoms with Gasteiger partial charge < -0.3 is 14.9 Å². The zero-order valence-electron chi connectivity index (χ0n) is 10.2. The topological polar surface area (TPSA) is 95.4 Å². The number of primary amides is 1. The number of hydrogen-bond acceptors (Lipinski definition) is 6. The van der Waals surface area contributed by atoms with E-state index in [1.165, 1.54) is 6.92 Å². The number of thioether (sulfide) groups is 1. The Hall–Kier alpha value is -2.02. The van der Waals surface area contributed by atoms with Gasteiger partial charge in [0.05, 0.1) is 0 Å². The standard InChI is InChI=1S/C12H12N2O4S/c1-7(11(13)16)17-10(15)6-19-12-14-8-4-2-3-5-9(8)18-12/h2-5,7H,6H2,1H3,(H2,13,16)/t7-/m1/s1. The predicted molar refractivity (Wildman–Crippen MR) is 69.5 cm³/mol. The van der Waals surface area contributed by atoms with E-state index in [9.17, 15) is 9.59 Å². The van der Waals surface area contributed by atoms with Crippen molar-refractivity contribution < 1.29 is 18.7 Å². The number of nitrogens with two attached hydrogens (primary N) is 1. The van der Waals surface area contributed by atoms with Crippen LogP contribution in [0.2, 0.25) is 0 Å². The molecule has 2 aromatic rings. The van der Waals surface area contributed by atoms with Crippen LogP contribution in [-0.2, 0) is 14.3 Å². The van der Waals surface area contributed by atoms with E-state index in [-0.39, 0.29) is 5.75 Å². The molecule has 0 aliphatic heterocycles. The normalized spacial score (nSPS) is 12.3. The van der Waals surface area contributed by atoms with Gasteiger partial charge in [0.25, 0.3) is 11.1 Å². The zero-order chi connectivity index (χ0) is 13.8. The molecular weight excluding hydrogens is 268 g/mol. The lowest BCUT2D eigenvalue weighted by molar-refractivity contribution is -0.151. The second kappa shape index (κ2) is 5.75. The first kappa shape index (κ1) is 13.4. The number of carbonyl (C=O) groups is 2. The van der Waals surface area contributed by atoms with Crippen molar-refractivity contribution in [3.05, 3.63) is 24.3 Å². The summed E-state index contributed by atoms with van der Waals surface area (Å²) in [6.07, 6.45) is -0.934. The number of ether oxygens (including phenoxy) is 1. The summed E-state index contributed by atoms with van der Waals surface area (Å²) in [5, 5.41) is 0.380. The lowest BCUT2D eigenvalue weighted by atomic mass is 10.3. The Balaban J connectivity index is 1.91. The van der Waals surface area contributed by atoms with Crippen molar-refractivity contribution in [1.29, 1.82) is 0 Å². The van der Waals surface area contributed by atoms with Crippen LogP contribution in [0.1, 0.15) is 6.92 Å². The van der Waals surface area contributed by atoms with E-state index in [1.54, 1.807) is 6.07 Å². The summed E-state index contributed by atoms with van der Waals surface area (Å²) in [6.45, 7) is 1.42. The number of nitrogens with zero attached hydrogens (tertiary/aromatic N) is 1. The molecule has 2 rings (SSSR count). The molecule has 1 heterocycles. The number of rotatable bonds is 5. The summed E-state index contributed by atoms with van der Waals surface area (Å²) in [5.41, 5.74) is 6.37. The van der Waals surface area contributed by atoms with Crippen LogP contribution >= 0.6 is 11.8 Å². The Bertz CT molecular complexity index is 578. The fraction of sp³-hybridized carbons (Fsp3) is 0.250. The first-order valence-corrected chi connectivity index (χ1v) is 6.52. The van der Waals surface area contributed by atoms with Crippen molar-refractivity contribution in [2.24, 2.45) is 5.73 Å². The molecule has 0 aliphatic carbocycles. The van der Waals surface area contributed by atoms with Gasteiger partial charge in [-0.2, -0.15) is 0 Å². The van der Waals surface area contributed by atoms with Gasteiger partial charge in [-0.3, -0.25) is 9.59 Å². The van der Waals surface area contributed by atoms with E-state index in [4.69, 9.17) is 14.9 Å². The molecule has 0 unspecified atom stereocenters. The number of hydrogen-bond donors (Lipinski definition) is 1. The molecule has 1 aromatic heterocycles. The Kier molecular flexibility index (Phi) is 4.06. The third-order valence-corrected chi connectivity index (χ3v) is 3.10. The molecule has 0 spiro atoms. The molecule has 0 fully saturated rings. The maximum Gasteiger partial charge on any atom is 0.317 e. The number of amides is 1. The van der Waals surface area contributed by atoms with Crippen molar-refractivity contribution >= 4 is 34.7 Å². The third-order valence-electron chi connectivity index (χ3n) is 2.30. The molecule has 100 valence electrons. The molecule has 1 aromatic carbocycles. The lowest BCUT2D eigenvalue weighted by Gasteiger charge is -2.08. The Morgan fingerprint density at radius 2 is 2.21 bits per heavy atom. The fourth-order valence-electron chi connectivity index (χ4n) is 1.32. The van der Waals surface area contributed by atoms with Crippen molar-refractivity contribution in [3.63, 3.8) is 0 Å². The van der Waals surface area contributed by atoms with Gasteiger partial charge in [0, 0.05) is 0 Å². The number of carbonyl (C=O) groups excluding carboxylic acids is 2. The van der Waals surface area contributed by atoms with E-state index in [2.05, 4.69) is 4.98 Å². The summed E-state index contributed by atoms with van der Waals surface area (Å²) >= 11 is 1.10. The van der Waals surface area contributed by atoms with E-state index >= 15 is 0 Å². The van der Waals surface area contributed by atoms with Crippen LogP contribution in [0.3, 0.4) is 0 Å². The monoisotopic (exact) mass is 280 g/mol. The second-order valence-electron chi connectivity index (χ2n) is 3.77. The third kappa shape index (κ3) is 3.47. The molecule has 19 heavy (non-hydrogen) atoms. The maximum atomic E-state index is 11.4. The van der Waals surface area contributed by atoms with E-state index in [1.807, 2.05) is 18.2 Å². The Labute approximate surface area is 113 Å². The molecule has 0 radical (unpaired) electrons. The molecule has 1 atom stereocenters. The molecule has 0 aliphatic rings. The molecule has 0 saturated heterocycles. The van der Waals surface area contributed by atoms with Gasteiger partial charge in [-0.25, -0.2) is 4.98 Å². The Morgan fingerprint density at radius 3 is 2.89 bits per heavy atom. The van der Waals surface area contributed by atoms with E-state index in [0.717, 1.165) is 17.3 Å². The highest BCUT2D eigenvalue weighted by molar-refractivity contribution is 7.99. The lowest BCUT2D eigenvalue weighted by Crippen LogP contribution is -2.31. The van der Waals surface area contributed by atoms with Gasteiger partial charge in [0.2, 0.25) is 0 Å². The van der Waals surface area contributed by atoms with Gasteiger partial charge in [-0.05, 0) is 19.1 Å². The minimum absolute atomic E-state index is 0.00441. The van der Waals surface area contributed by atoms with Crippen molar-refractivity contribution in [2.45, 2.75) is 18.3 Å². The van der Waals surface area contributed by atoms with Crippen molar-refractivity contribution in [3.8, 4) is 0 Å². The van der Waals surface area contributed by atoms with Crippen LogP contribution in [0.4, 0.5) is 0 Å². The number of oxazole rings is 1. The van der Waals surface area contributed by atoms with Crippen LogP contribution in [0.25, 0.3) is 11.1 Å². The summed E-state index contributed by atoms with van der Waals surface area (Å²) < 4.78 is 10.2.